The minimum absolute atomic E-state index is 0.457. The fraction of sp³-hybridized carbons (Fsp3) is 0.650. The third-order valence-electron chi connectivity index (χ3n) is 5.19. The number of likely N-dealkylation sites (tertiary alicyclic amines) is 1. The Labute approximate surface area is 166 Å². The van der Waals surface area contributed by atoms with E-state index in [1.54, 1.807) is 11.3 Å². The lowest BCUT2D eigenvalue weighted by molar-refractivity contribution is 0.189. The van der Waals surface area contributed by atoms with Crippen LogP contribution in [-0.2, 0) is 6.42 Å². The summed E-state index contributed by atoms with van der Waals surface area (Å²) in [6, 6.07) is 0.457. The van der Waals surface area contributed by atoms with Crippen molar-refractivity contribution in [3.05, 3.63) is 34.8 Å². The third kappa shape index (κ3) is 5.54. The van der Waals surface area contributed by atoms with Crippen LogP contribution in [0, 0.1) is 12.8 Å². The van der Waals surface area contributed by atoms with Crippen LogP contribution >= 0.6 is 11.3 Å². The average Bonchev–Trinajstić information content (AvgIpc) is 3.33. The summed E-state index contributed by atoms with van der Waals surface area (Å²) < 4.78 is 2.25. The fourth-order valence-corrected chi connectivity index (χ4v) is 4.43. The molecule has 1 aliphatic heterocycles. The van der Waals surface area contributed by atoms with Gasteiger partial charge in [-0.05, 0) is 45.4 Å². The summed E-state index contributed by atoms with van der Waals surface area (Å²) >= 11 is 1.77. The van der Waals surface area contributed by atoms with Crippen LogP contribution in [0.15, 0.2) is 29.1 Å². The number of piperidine rings is 1. The Kier molecular flexibility index (Phi) is 7.26. The predicted octanol–water partition coefficient (Wildman–Crippen LogP) is 3.52. The Hall–Kier alpha value is -1.89. The van der Waals surface area contributed by atoms with Crippen molar-refractivity contribution in [1.29, 1.82) is 0 Å². The molecule has 3 heterocycles. The highest BCUT2D eigenvalue weighted by Crippen LogP contribution is 2.27. The summed E-state index contributed by atoms with van der Waals surface area (Å²) in [5.41, 5.74) is 1.13. The molecule has 148 valence electrons. The molecular weight excluding hydrogens is 356 g/mol. The van der Waals surface area contributed by atoms with Gasteiger partial charge in [0.2, 0.25) is 0 Å². The van der Waals surface area contributed by atoms with Gasteiger partial charge < -0.3 is 14.8 Å². The van der Waals surface area contributed by atoms with Crippen LogP contribution in [0.5, 0.6) is 0 Å². The third-order valence-corrected chi connectivity index (χ3v) is 6.21. The highest BCUT2D eigenvalue weighted by Gasteiger charge is 2.28. The summed E-state index contributed by atoms with van der Waals surface area (Å²) in [5, 5.41) is 6.86. The minimum atomic E-state index is 0.457. The van der Waals surface area contributed by atoms with Crippen molar-refractivity contribution in [3.63, 3.8) is 0 Å². The van der Waals surface area contributed by atoms with Gasteiger partial charge in [-0.3, -0.25) is 4.99 Å². The predicted molar refractivity (Wildman–Crippen MR) is 112 cm³/mol. The van der Waals surface area contributed by atoms with Gasteiger partial charge >= 0.3 is 0 Å². The Morgan fingerprint density at radius 1 is 1.41 bits per heavy atom. The number of guanidine groups is 1. The van der Waals surface area contributed by atoms with E-state index >= 15 is 0 Å². The van der Waals surface area contributed by atoms with Crippen LogP contribution < -0.4 is 5.32 Å². The number of aryl methyl sites for hydroxylation is 2. The molecule has 0 aliphatic carbocycles. The topological polar surface area (TPSA) is 58.3 Å². The van der Waals surface area contributed by atoms with Gasteiger partial charge in [-0.25, -0.2) is 9.97 Å². The number of aliphatic imine (C=N–C) groups is 1. The average molecular weight is 389 g/mol. The van der Waals surface area contributed by atoms with E-state index in [0.717, 1.165) is 57.1 Å². The molecule has 2 atom stereocenters. The SMILES string of the molecule is CCNC(=NCCCCc1nc(C)cs1)N1CCC(C)C(n2ccnc2)C1. The van der Waals surface area contributed by atoms with Gasteiger partial charge in [0.15, 0.2) is 5.96 Å². The zero-order chi connectivity index (χ0) is 19.1. The molecule has 1 N–H and O–H groups in total. The zero-order valence-corrected chi connectivity index (χ0v) is 17.6. The van der Waals surface area contributed by atoms with Crippen LogP contribution in [0.4, 0.5) is 0 Å². The van der Waals surface area contributed by atoms with Crippen molar-refractivity contribution < 1.29 is 0 Å². The fourth-order valence-electron chi connectivity index (χ4n) is 3.61. The molecule has 1 aliphatic rings. The summed E-state index contributed by atoms with van der Waals surface area (Å²) in [6.07, 6.45) is 10.4. The number of unbranched alkanes of at least 4 members (excludes halogenated alkanes) is 1. The highest BCUT2D eigenvalue weighted by atomic mass is 32.1. The molecule has 2 unspecified atom stereocenters. The molecule has 0 amide bonds. The molecule has 1 saturated heterocycles. The number of thiazole rings is 1. The van der Waals surface area contributed by atoms with E-state index in [9.17, 15) is 0 Å². The maximum atomic E-state index is 4.90. The number of nitrogens with zero attached hydrogens (tertiary/aromatic N) is 5. The van der Waals surface area contributed by atoms with Gasteiger partial charge in [-0.15, -0.1) is 11.3 Å². The van der Waals surface area contributed by atoms with E-state index in [2.05, 4.69) is 57.1 Å². The Balaban J connectivity index is 1.53. The Morgan fingerprint density at radius 3 is 3.00 bits per heavy atom. The number of aromatic nitrogens is 3. The largest absolute Gasteiger partial charge is 0.357 e. The zero-order valence-electron chi connectivity index (χ0n) is 16.8. The van der Waals surface area contributed by atoms with Gasteiger partial charge in [-0.1, -0.05) is 6.92 Å². The molecule has 0 spiro atoms. The van der Waals surface area contributed by atoms with Crippen LogP contribution in [0.25, 0.3) is 0 Å². The molecular formula is C20H32N6S. The van der Waals surface area contributed by atoms with E-state index in [0.29, 0.717) is 12.0 Å². The maximum absolute atomic E-state index is 4.90. The molecule has 7 heteroatoms. The standard InChI is InChI=1S/C20H32N6S/c1-4-22-20(23-9-6-5-7-19-24-17(3)14-27-19)25-11-8-16(2)18(13-25)26-12-10-21-15-26/h10,12,14-16,18H,4-9,11,13H2,1-3H3,(H,22,23). The van der Waals surface area contributed by atoms with Crippen molar-refractivity contribution >= 4 is 17.3 Å². The number of imidazole rings is 1. The normalized spacial score (nSPS) is 20.9. The molecule has 6 nitrogen and oxygen atoms in total. The first-order valence-corrected chi connectivity index (χ1v) is 11.0. The molecule has 0 aromatic carbocycles. The van der Waals surface area contributed by atoms with Gasteiger partial charge in [0.1, 0.15) is 0 Å². The van der Waals surface area contributed by atoms with Crippen LogP contribution in [-0.4, -0.2) is 51.6 Å². The van der Waals surface area contributed by atoms with Crippen molar-refractivity contribution in [1.82, 2.24) is 24.8 Å². The first-order chi connectivity index (χ1) is 13.2. The summed E-state index contributed by atoms with van der Waals surface area (Å²) in [6.45, 7) is 10.4. The molecule has 1 fully saturated rings. The smallest absolute Gasteiger partial charge is 0.193 e. The van der Waals surface area contributed by atoms with E-state index in [-0.39, 0.29) is 0 Å². The van der Waals surface area contributed by atoms with Gasteiger partial charge in [0, 0.05) is 49.6 Å². The van der Waals surface area contributed by atoms with E-state index < -0.39 is 0 Å². The van der Waals surface area contributed by atoms with Crippen LogP contribution in [0.3, 0.4) is 0 Å². The number of hydrogen-bond donors (Lipinski definition) is 1. The molecule has 3 rings (SSSR count). The number of nitrogens with one attached hydrogen (secondary N) is 1. The van der Waals surface area contributed by atoms with Crippen molar-refractivity contribution in [2.24, 2.45) is 10.9 Å². The Bertz CT molecular complexity index is 708. The molecule has 27 heavy (non-hydrogen) atoms. The molecule has 2 aromatic heterocycles. The minimum Gasteiger partial charge on any atom is -0.357 e. The van der Waals surface area contributed by atoms with Crippen molar-refractivity contribution in [2.45, 2.75) is 52.5 Å². The Morgan fingerprint density at radius 2 is 2.30 bits per heavy atom. The second kappa shape index (κ2) is 9.88. The van der Waals surface area contributed by atoms with Crippen LogP contribution in [0.1, 0.15) is 49.9 Å². The van der Waals surface area contributed by atoms with E-state index in [4.69, 9.17) is 4.99 Å². The van der Waals surface area contributed by atoms with Crippen LogP contribution in [0.2, 0.25) is 0 Å². The summed E-state index contributed by atoms with van der Waals surface area (Å²) in [4.78, 5) is 16.1. The first kappa shape index (κ1) is 19.9. The number of hydrogen-bond acceptors (Lipinski definition) is 4. The molecule has 0 radical (unpaired) electrons. The second-order valence-electron chi connectivity index (χ2n) is 7.36. The number of rotatable bonds is 7. The van der Waals surface area contributed by atoms with E-state index in [1.165, 1.54) is 11.4 Å². The molecule has 2 aromatic rings. The van der Waals surface area contributed by atoms with Gasteiger partial charge in [-0.2, -0.15) is 0 Å². The monoisotopic (exact) mass is 388 g/mol. The highest BCUT2D eigenvalue weighted by molar-refractivity contribution is 7.09. The molecule has 0 saturated carbocycles. The quantitative estimate of drug-likeness (QED) is 0.448. The van der Waals surface area contributed by atoms with Gasteiger partial charge in [0.25, 0.3) is 0 Å². The second-order valence-corrected chi connectivity index (χ2v) is 8.31. The van der Waals surface area contributed by atoms with Crippen molar-refractivity contribution in [2.75, 3.05) is 26.2 Å². The lowest BCUT2D eigenvalue weighted by Crippen LogP contribution is -2.49. The molecule has 0 bridgehead atoms. The van der Waals surface area contributed by atoms with Crippen molar-refractivity contribution in [3.8, 4) is 0 Å². The summed E-state index contributed by atoms with van der Waals surface area (Å²) in [7, 11) is 0. The lowest BCUT2D eigenvalue weighted by Gasteiger charge is -2.39. The van der Waals surface area contributed by atoms with E-state index in [1.807, 2.05) is 12.5 Å². The summed E-state index contributed by atoms with van der Waals surface area (Å²) in [5.74, 6) is 1.71. The maximum Gasteiger partial charge on any atom is 0.193 e. The first-order valence-electron chi connectivity index (χ1n) is 10.1. The lowest BCUT2D eigenvalue weighted by atomic mass is 9.93. The van der Waals surface area contributed by atoms with Gasteiger partial charge in [0.05, 0.1) is 17.4 Å².